The van der Waals surface area contributed by atoms with Gasteiger partial charge in [0.15, 0.2) is 0 Å². The maximum atomic E-state index is 3.76. The van der Waals surface area contributed by atoms with Gasteiger partial charge in [-0.1, -0.05) is 31.4 Å². The molecule has 1 N–H and O–H groups in total. The Labute approximate surface area is 74.2 Å². The Morgan fingerprint density at radius 3 is 2.83 bits per heavy atom. The van der Waals surface area contributed by atoms with E-state index in [0.717, 1.165) is 13.0 Å². The van der Waals surface area contributed by atoms with Crippen molar-refractivity contribution in [2.75, 3.05) is 6.54 Å². The number of hydrogen-bond acceptors (Lipinski definition) is 1. The number of rotatable bonds is 3. The third kappa shape index (κ3) is 2.12. The Morgan fingerprint density at radius 1 is 1.33 bits per heavy atom. The second-order valence-electron chi connectivity index (χ2n) is 2.77. The summed E-state index contributed by atoms with van der Waals surface area (Å²) in [7, 11) is 0. The van der Waals surface area contributed by atoms with Gasteiger partial charge >= 0.3 is 0 Å². The summed E-state index contributed by atoms with van der Waals surface area (Å²) in [6, 6.07) is 0. The predicted octanol–water partition coefficient (Wildman–Crippen LogP) is 2.55. The first-order valence-electron chi connectivity index (χ1n) is 4.27. The molecule has 1 aliphatic rings. The van der Waals surface area contributed by atoms with Gasteiger partial charge in [0.1, 0.15) is 0 Å². The molecule has 12 heavy (non-hydrogen) atoms. The summed E-state index contributed by atoms with van der Waals surface area (Å²) in [6.45, 7) is 8.47. The fourth-order valence-corrected chi connectivity index (χ4v) is 1.31. The van der Waals surface area contributed by atoms with Gasteiger partial charge in [-0.3, -0.25) is 0 Å². The summed E-state index contributed by atoms with van der Waals surface area (Å²) in [5.74, 6) is 0. The lowest BCUT2D eigenvalue weighted by molar-refractivity contribution is 0.685. The standard InChI is InChI=1S/C11H15N/c1-3-5-7-10-8-6-9-12-11(10)4-2/h3-5,7,12H,1-2,6,8-9H2/b7-5-. The smallest absolute Gasteiger partial charge is 0.0366 e. The van der Waals surface area contributed by atoms with Crippen LogP contribution in [0, 0.1) is 0 Å². The van der Waals surface area contributed by atoms with Gasteiger partial charge in [-0.15, -0.1) is 0 Å². The molecular formula is C11H15N. The lowest BCUT2D eigenvalue weighted by Gasteiger charge is -2.17. The van der Waals surface area contributed by atoms with E-state index in [9.17, 15) is 0 Å². The minimum absolute atomic E-state index is 1.06. The fraction of sp³-hybridized carbons (Fsp3) is 0.273. The zero-order chi connectivity index (χ0) is 8.81. The first-order valence-corrected chi connectivity index (χ1v) is 4.27. The van der Waals surface area contributed by atoms with E-state index < -0.39 is 0 Å². The second kappa shape index (κ2) is 4.60. The van der Waals surface area contributed by atoms with Gasteiger partial charge in [0.05, 0.1) is 0 Å². The van der Waals surface area contributed by atoms with Crippen molar-refractivity contribution in [2.24, 2.45) is 0 Å². The molecule has 1 nitrogen and oxygen atoms in total. The maximum absolute atomic E-state index is 3.76. The fourth-order valence-electron chi connectivity index (χ4n) is 1.31. The van der Waals surface area contributed by atoms with Crippen LogP contribution in [0.1, 0.15) is 12.8 Å². The van der Waals surface area contributed by atoms with Crippen molar-refractivity contribution >= 4 is 0 Å². The van der Waals surface area contributed by atoms with Crippen LogP contribution in [0.3, 0.4) is 0 Å². The minimum atomic E-state index is 1.06. The van der Waals surface area contributed by atoms with E-state index in [1.54, 1.807) is 6.08 Å². The highest BCUT2D eigenvalue weighted by Crippen LogP contribution is 2.16. The maximum Gasteiger partial charge on any atom is 0.0366 e. The molecular weight excluding hydrogens is 146 g/mol. The summed E-state index contributed by atoms with van der Waals surface area (Å²) in [4.78, 5) is 0. The molecule has 0 bridgehead atoms. The second-order valence-corrected chi connectivity index (χ2v) is 2.77. The zero-order valence-corrected chi connectivity index (χ0v) is 7.34. The molecule has 0 saturated heterocycles. The van der Waals surface area contributed by atoms with Gasteiger partial charge in [0.2, 0.25) is 0 Å². The van der Waals surface area contributed by atoms with Crippen LogP contribution in [-0.2, 0) is 0 Å². The Kier molecular flexibility index (Phi) is 3.39. The van der Waals surface area contributed by atoms with Crippen molar-refractivity contribution in [2.45, 2.75) is 12.8 Å². The van der Waals surface area contributed by atoms with Crippen LogP contribution in [0.2, 0.25) is 0 Å². The van der Waals surface area contributed by atoms with Crippen molar-refractivity contribution in [3.63, 3.8) is 0 Å². The van der Waals surface area contributed by atoms with Gasteiger partial charge < -0.3 is 5.32 Å². The Hall–Kier alpha value is -1.24. The Morgan fingerprint density at radius 2 is 2.17 bits per heavy atom. The quantitative estimate of drug-likeness (QED) is 0.627. The molecule has 0 amide bonds. The minimum Gasteiger partial charge on any atom is -0.385 e. The van der Waals surface area contributed by atoms with E-state index >= 15 is 0 Å². The summed E-state index contributed by atoms with van der Waals surface area (Å²) in [5, 5.41) is 3.30. The predicted molar refractivity (Wildman–Crippen MR) is 53.8 cm³/mol. The van der Waals surface area contributed by atoms with Crippen LogP contribution in [0.15, 0.2) is 48.7 Å². The molecule has 1 aliphatic heterocycles. The summed E-state index contributed by atoms with van der Waals surface area (Å²) in [6.07, 6.45) is 10.1. The van der Waals surface area contributed by atoms with Gasteiger partial charge in [-0.25, -0.2) is 0 Å². The van der Waals surface area contributed by atoms with E-state index in [2.05, 4.69) is 24.6 Å². The first kappa shape index (κ1) is 8.85. The van der Waals surface area contributed by atoms with Gasteiger partial charge in [-0.05, 0) is 24.5 Å². The van der Waals surface area contributed by atoms with E-state index in [1.807, 2.05) is 12.2 Å². The van der Waals surface area contributed by atoms with Crippen molar-refractivity contribution in [1.82, 2.24) is 5.32 Å². The summed E-state index contributed by atoms with van der Waals surface area (Å²) in [5.41, 5.74) is 2.50. The van der Waals surface area contributed by atoms with Crippen molar-refractivity contribution in [1.29, 1.82) is 0 Å². The summed E-state index contributed by atoms with van der Waals surface area (Å²) >= 11 is 0. The van der Waals surface area contributed by atoms with Crippen LogP contribution in [0.5, 0.6) is 0 Å². The van der Waals surface area contributed by atoms with Crippen LogP contribution >= 0.6 is 0 Å². The lowest BCUT2D eigenvalue weighted by atomic mass is 10.0. The monoisotopic (exact) mass is 161 g/mol. The molecule has 0 fully saturated rings. The molecule has 0 aromatic rings. The molecule has 0 radical (unpaired) electrons. The van der Waals surface area contributed by atoms with Crippen LogP contribution in [-0.4, -0.2) is 6.54 Å². The Bertz CT molecular complexity index is 233. The average Bonchev–Trinajstić information content (AvgIpc) is 2.15. The third-order valence-corrected chi connectivity index (χ3v) is 1.92. The zero-order valence-electron chi connectivity index (χ0n) is 7.34. The molecule has 1 heteroatoms. The van der Waals surface area contributed by atoms with E-state index in [1.165, 1.54) is 17.7 Å². The Balaban J connectivity index is 2.79. The lowest BCUT2D eigenvalue weighted by Crippen LogP contribution is -2.19. The molecule has 0 aliphatic carbocycles. The molecule has 0 unspecified atom stereocenters. The van der Waals surface area contributed by atoms with Crippen molar-refractivity contribution in [3.05, 3.63) is 48.7 Å². The highest BCUT2D eigenvalue weighted by atomic mass is 14.9. The number of allylic oxidation sites excluding steroid dienone is 5. The highest BCUT2D eigenvalue weighted by Gasteiger charge is 2.05. The molecule has 0 aromatic carbocycles. The van der Waals surface area contributed by atoms with Gasteiger partial charge in [0, 0.05) is 12.2 Å². The van der Waals surface area contributed by atoms with E-state index in [4.69, 9.17) is 0 Å². The van der Waals surface area contributed by atoms with E-state index in [0.29, 0.717) is 0 Å². The van der Waals surface area contributed by atoms with Crippen LogP contribution < -0.4 is 5.32 Å². The highest BCUT2D eigenvalue weighted by molar-refractivity contribution is 5.33. The van der Waals surface area contributed by atoms with E-state index in [-0.39, 0.29) is 0 Å². The number of nitrogens with one attached hydrogen (secondary N) is 1. The molecule has 0 saturated carbocycles. The van der Waals surface area contributed by atoms with Gasteiger partial charge in [-0.2, -0.15) is 0 Å². The normalized spacial score (nSPS) is 17.7. The van der Waals surface area contributed by atoms with Gasteiger partial charge in [0.25, 0.3) is 0 Å². The summed E-state index contributed by atoms with van der Waals surface area (Å²) < 4.78 is 0. The number of hydrogen-bond donors (Lipinski definition) is 1. The SMILES string of the molecule is C=C/C=C\C1=C(C=C)NCCC1. The molecule has 0 atom stereocenters. The molecule has 1 rings (SSSR count). The molecule has 1 heterocycles. The average molecular weight is 161 g/mol. The molecule has 0 spiro atoms. The molecule has 64 valence electrons. The molecule has 0 aromatic heterocycles. The van der Waals surface area contributed by atoms with Crippen molar-refractivity contribution < 1.29 is 0 Å². The van der Waals surface area contributed by atoms with Crippen LogP contribution in [0.4, 0.5) is 0 Å². The van der Waals surface area contributed by atoms with Crippen LogP contribution in [0.25, 0.3) is 0 Å². The first-order chi connectivity index (χ1) is 5.88. The third-order valence-electron chi connectivity index (χ3n) is 1.92. The largest absolute Gasteiger partial charge is 0.385 e. The van der Waals surface area contributed by atoms with Crippen molar-refractivity contribution in [3.8, 4) is 0 Å². The topological polar surface area (TPSA) is 12.0 Å².